The molecule has 0 bridgehead atoms. The Kier molecular flexibility index (Phi) is 12.8. The van der Waals surface area contributed by atoms with Gasteiger partial charge in [0.25, 0.3) is 0 Å². The number of aryl methyl sites for hydroxylation is 3. The zero-order valence-corrected chi connectivity index (χ0v) is 25.1. The van der Waals surface area contributed by atoms with Gasteiger partial charge in [0.1, 0.15) is 0 Å². The molecule has 2 aromatic rings. The van der Waals surface area contributed by atoms with Crippen LogP contribution in [0.1, 0.15) is 151 Å². The molecule has 0 spiro atoms. The molecular weight excluding hydrogens is 456 g/mol. The van der Waals surface area contributed by atoms with Gasteiger partial charge in [0.15, 0.2) is 0 Å². The van der Waals surface area contributed by atoms with Crippen LogP contribution in [0.4, 0.5) is 0 Å². The maximum Gasteiger partial charge on any atom is -0.0162 e. The minimum Gasteiger partial charge on any atom is -0.0654 e. The van der Waals surface area contributed by atoms with Crippen LogP contribution in [-0.2, 0) is 19.3 Å². The molecule has 4 rings (SSSR count). The summed E-state index contributed by atoms with van der Waals surface area (Å²) in [4.78, 5) is 0. The molecule has 2 aliphatic rings. The lowest BCUT2D eigenvalue weighted by atomic mass is 9.77. The first-order valence-electron chi connectivity index (χ1n) is 16.9. The molecule has 210 valence electrons. The van der Waals surface area contributed by atoms with Gasteiger partial charge in [0.05, 0.1) is 0 Å². The molecule has 0 aliphatic heterocycles. The van der Waals surface area contributed by atoms with Gasteiger partial charge in [-0.2, -0.15) is 0 Å². The smallest absolute Gasteiger partial charge is 0.0162 e. The van der Waals surface area contributed by atoms with Crippen LogP contribution in [0.5, 0.6) is 0 Å². The highest BCUT2D eigenvalue weighted by Gasteiger charge is 2.22. The van der Waals surface area contributed by atoms with Crippen molar-refractivity contribution in [3.8, 4) is 0 Å². The van der Waals surface area contributed by atoms with E-state index in [1.54, 1.807) is 11.1 Å². The van der Waals surface area contributed by atoms with E-state index in [-0.39, 0.29) is 0 Å². The zero-order valence-electron chi connectivity index (χ0n) is 25.1. The molecule has 38 heavy (non-hydrogen) atoms. The lowest BCUT2D eigenvalue weighted by Crippen LogP contribution is -2.15. The lowest BCUT2D eigenvalue weighted by molar-refractivity contribution is 0.249. The van der Waals surface area contributed by atoms with Crippen molar-refractivity contribution in [1.82, 2.24) is 0 Å². The third kappa shape index (κ3) is 9.88. The van der Waals surface area contributed by atoms with Crippen LogP contribution in [0.3, 0.4) is 0 Å². The molecule has 2 aliphatic carbocycles. The maximum absolute atomic E-state index is 2.44. The molecule has 0 atom stereocenters. The first-order valence-corrected chi connectivity index (χ1v) is 16.9. The molecule has 0 amide bonds. The number of hydrogen-bond donors (Lipinski definition) is 0. The van der Waals surface area contributed by atoms with E-state index in [1.807, 2.05) is 0 Å². The number of rotatable bonds is 15. The molecule has 2 fully saturated rings. The van der Waals surface area contributed by atoms with E-state index in [4.69, 9.17) is 0 Å². The Morgan fingerprint density at radius 2 is 0.842 bits per heavy atom. The standard InChI is InChI=1S/C38H58/c1-3-5-7-9-31-11-13-33(14-12-31)15-16-34-17-19-35(20-18-34)21-22-36-25-29-38(30-26-36)37-27-23-32(24-28-37)10-8-6-4-2/h17-20,25-26,29-33,37H,3-16,21-24,27-28H2,1-2H3. The van der Waals surface area contributed by atoms with Crippen LogP contribution in [-0.4, -0.2) is 0 Å². The Labute approximate surface area is 236 Å². The van der Waals surface area contributed by atoms with Crippen molar-refractivity contribution in [3.05, 3.63) is 70.8 Å². The molecular formula is C38H58. The Bertz CT molecular complexity index is 859. The van der Waals surface area contributed by atoms with Crippen LogP contribution in [0.2, 0.25) is 0 Å². The first kappa shape index (κ1) is 29.4. The molecule has 0 saturated heterocycles. The highest BCUT2D eigenvalue weighted by Crippen LogP contribution is 2.38. The van der Waals surface area contributed by atoms with Crippen molar-refractivity contribution in [3.63, 3.8) is 0 Å². The third-order valence-electron chi connectivity index (χ3n) is 10.3. The van der Waals surface area contributed by atoms with Crippen LogP contribution >= 0.6 is 0 Å². The average molecular weight is 515 g/mol. The third-order valence-corrected chi connectivity index (χ3v) is 10.3. The fourth-order valence-electron chi connectivity index (χ4n) is 7.45. The Balaban J connectivity index is 1.12. The predicted molar refractivity (Wildman–Crippen MR) is 167 cm³/mol. The molecule has 2 aromatic carbocycles. The fraction of sp³-hybridized carbons (Fsp3) is 0.684. The van der Waals surface area contributed by atoms with Crippen molar-refractivity contribution in [1.29, 1.82) is 0 Å². The molecule has 0 aromatic heterocycles. The predicted octanol–water partition coefficient (Wildman–Crippen LogP) is 11.6. The van der Waals surface area contributed by atoms with Crippen LogP contribution in [0, 0.1) is 17.8 Å². The normalized spacial score (nSPS) is 23.9. The second-order valence-electron chi connectivity index (χ2n) is 13.2. The monoisotopic (exact) mass is 514 g/mol. The van der Waals surface area contributed by atoms with Crippen molar-refractivity contribution < 1.29 is 0 Å². The van der Waals surface area contributed by atoms with Gasteiger partial charge in [-0.05, 0) is 97.3 Å². The van der Waals surface area contributed by atoms with E-state index in [0.717, 1.165) is 36.5 Å². The molecule has 0 heteroatoms. The fourth-order valence-corrected chi connectivity index (χ4v) is 7.45. The number of unbranched alkanes of at least 4 members (excludes halogenated alkanes) is 4. The average Bonchev–Trinajstić information content (AvgIpc) is 2.97. The van der Waals surface area contributed by atoms with Crippen molar-refractivity contribution in [2.24, 2.45) is 17.8 Å². The van der Waals surface area contributed by atoms with Gasteiger partial charge in [0.2, 0.25) is 0 Å². The number of hydrogen-bond acceptors (Lipinski definition) is 0. The van der Waals surface area contributed by atoms with E-state index in [2.05, 4.69) is 62.4 Å². The van der Waals surface area contributed by atoms with Gasteiger partial charge < -0.3 is 0 Å². The molecule has 0 heterocycles. The van der Waals surface area contributed by atoms with Crippen molar-refractivity contribution in [2.45, 2.75) is 148 Å². The topological polar surface area (TPSA) is 0 Å². The van der Waals surface area contributed by atoms with E-state index in [0.29, 0.717) is 0 Å². The largest absolute Gasteiger partial charge is 0.0654 e. The van der Waals surface area contributed by atoms with Gasteiger partial charge >= 0.3 is 0 Å². The zero-order chi connectivity index (χ0) is 26.4. The van der Waals surface area contributed by atoms with Crippen molar-refractivity contribution >= 4 is 0 Å². The molecule has 0 unspecified atom stereocenters. The van der Waals surface area contributed by atoms with E-state index in [9.17, 15) is 0 Å². The minimum absolute atomic E-state index is 0.805. The summed E-state index contributed by atoms with van der Waals surface area (Å²) in [7, 11) is 0. The highest BCUT2D eigenvalue weighted by molar-refractivity contribution is 5.28. The highest BCUT2D eigenvalue weighted by atomic mass is 14.3. The van der Waals surface area contributed by atoms with E-state index >= 15 is 0 Å². The van der Waals surface area contributed by atoms with E-state index in [1.165, 1.54) is 127 Å². The summed E-state index contributed by atoms with van der Waals surface area (Å²) in [6, 6.07) is 19.3. The number of benzene rings is 2. The molecule has 0 radical (unpaired) electrons. The second-order valence-corrected chi connectivity index (χ2v) is 13.2. The summed E-state index contributed by atoms with van der Waals surface area (Å²) < 4.78 is 0. The van der Waals surface area contributed by atoms with Gasteiger partial charge in [-0.25, -0.2) is 0 Å². The minimum atomic E-state index is 0.805. The Hall–Kier alpha value is -1.56. The lowest BCUT2D eigenvalue weighted by Gasteiger charge is -2.29. The van der Waals surface area contributed by atoms with Gasteiger partial charge in [-0.1, -0.05) is 139 Å². The SMILES string of the molecule is CCCCCC1CCC(CCc2ccc(CCc3ccc(C4CCC(CCCCC)CC4)cc3)cc2)CC1. The summed E-state index contributed by atoms with van der Waals surface area (Å²) >= 11 is 0. The summed E-state index contributed by atoms with van der Waals surface area (Å²) in [6.07, 6.45) is 28.1. The Morgan fingerprint density at radius 3 is 1.32 bits per heavy atom. The van der Waals surface area contributed by atoms with Crippen LogP contribution in [0.15, 0.2) is 48.5 Å². The summed E-state index contributed by atoms with van der Waals surface area (Å²) in [5.41, 5.74) is 6.13. The summed E-state index contributed by atoms with van der Waals surface area (Å²) in [5.74, 6) is 3.82. The Morgan fingerprint density at radius 1 is 0.447 bits per heavy atom. The van der Waals surface area contributed by atoms with Crippen LogP contribution < -0.4 is 0 Å². The first-order chi connectivity index (χ1) is 18.7. The summed E-state index contributed by atoms with van der Waals surface area (Å²) in [6.45, 7) is 4.64. The van der Waals surface area contributed by atoms with Crippen LogP contribution in [0.25, 0.3) is 0 Å². The second kappa shape index (κ2) is 16.5. The molecule has 2 saturated carbocycles. The molecule has 0 N–H and O–H groups in total. The maximum atomic E-state index is 2.44. The van der Waals surface area contributed by atoms with Crippen molar-refractivity contribution in [2.75, 3.05) is 0 Å². The van der Waals surface area contributed by atoms with Gasteiger partial charge in [-0.3, -0.25) is 0 Å². The van der Waals surface area contributed by atoms with Gasteiger partial charge in [-0.15, -0.1) is 0 Å². The summed E-state index contributed by atoms with van der Waals surface area (Å²) in [5, 5.41) is 0. The van der Waals surface area contributed by atoms with E-state index < -0.39 is 0 Å². The van der Waals surface area contributed by atoms with Gasteiger partial charge in [0, 0.05) is 0 Å². The molecule has 0 nitrogen and oxygen atoms in total. The quantitative estimate of drug-likeness (QED) is 0.207.